The third-order valence-corrected chi connectivity index (χ3v) is 3.60. The van der Waals surface area contributed by atoms with E-state index in [1.807, 2.05) is 36.4 Å². The minimum atomic E-state index is -0.0423. The molecule has 0 unspecified atom stereocenters. The van der Waals surface area contributed by atoms with Gasteiger partial charge in [-0.25, -0.2) is 0 Å². The smallest absolute Gasteiger partial charge is 0.224 e. The molecular weight excluding hydrogens is 306 g/mol. The fourth-order valence-electron chi connectivity index (χ4n) is 2.44. The lowest BCUT2D eigenvalue weighted by atomic mass is 10.1. The zero-order valence-electron chi connectivity index (χ0n) is 14.3. The minimum absolute atomic E-state index is 0.0423. The third kappa shape index (κ3) is 4.99. The van der Waals surface area contributed by atoms with Gasteiger partial charge in [-0.15, -0.1) is 0 Å². The minimum Gasteiger partial charge on any atom is -0.493 e. The van der Waals surface area contributed by atoms with Gasteiger partial charge in [0.2, 0.25) is 5.91 Å². The van der Waals surface area contributed by atoms with E-state index in [4.69, 9.17) is 14.2 Å². The largest absolute Gasteiger partial charge is 0.493 e. The molecule has 0 fully saturated rings. The number of rotatable bonds is 8. The lowest BCUT2D eigenvalue weighted by molar-refractivity contribution is -0.120. The average molecular weight is 329 g/mol. The first-order valence-electron chi connectivity index (χ1n) is 7.70. The molecule has 0 radical (unpaired) electrons. The second kappa shape index (κ2) is 8.93. The SMILES string of the molecule is COCc1cccc(CNC(=O)Cc2ccc(OC)c(OC)c2)c1. The van der Waals surface area contributed by atoms with E-state index in [9.17, 15) is 4.79 Å². The standard InChI is InChI=1S/C19H23NO4/c1-22-13-16-6-4-5-15(9-16)12-20-19(21)11-14-7-8-17(23-2)18(10-14)24-3/h4-10H,11-13H2,1-3H3,(H,20,21). The molecule has 0 aliphatic rings. The first kappa shape index (κ1) is 17.8. The predicted octanol–water partition coefficient (Wildman–Crippen LogP) is 2.71. The van der Waals surface area contributed by atoms with E-state index in [-0.39, 0.29) is 12.3 Å². The fourth-order valence-corrected chi connectivity index (χ4v) is 2.44. The highest BCUT2D eigenvalue weighted by Gasteiger charge is 2.08. The normalized spacial score (nSPS) is 10.3. The topological polar surface area (TPSA) is 56.8 Å². The van der Waals surface area contributed by atoms with Gasteiger partial charge in [-0.2, -0.15) is 0 Å². The quantitative estimate of drug-likeness (QED) is 0.809. The van der Waals surface area contributed by atoms with Crippen molar-refractivity contribution in [2.45, 2.75) is 19.6 Å². The second-order valence-corrected chi connectivity index (χ2v) is 5.40. The highest BCUT2D eigenvalue weighted by atomic mass is 16.5. The number of hydrogen-bond donors (Lipinski definition) is 1. The Morgan fingerprint density at radius 2 is 1.67 bits per heavy atom. The maximum atomic E-state index is 12.1. The Hall–Kier alpha value is -2.53. The first-order chi connectivity index (χ1) is 11.7. The summed E-state index contributed by atoms with van der Waals surface area (Å²) in [5.41, 5.74) is 3.01. The van der Waals surface area contributed by atoms with Crippen LogP contribution in [0.1, 0.15) is 16.7 Å². The van der Waals surface area contributed by atoms with Crippen LogP contribution in [0.2, 0.25) is 0 Å². The number of methoxy groups -OCH3 is 3. The lowest BCUT2D eigenvalue weighted by Crippen LogP contribution is -2.24. The predicted molar refractivity (Wildman–Crippen MR) is 92.3 cm³/mol. The fraction of sp³-hybridized carbons (Fsp3) is 0.316. The third-order valence-electron chi connectivity index (χ3n) is 3.60. The number of amides is 1. The zero-order valence-corrected chi connectivity index (χ0v) is 14.3. The summed E-state index contributed by atoms with van der Waals surface area (Å²) in [7, 11) is 4.83. The monoisotopic (exact) mass is 329 g/mol. The summed E-state index contributed by atoms with van der Waals surface area (Å²) in [6.07, 6.45) is 0.290. The van der Waals surface area contributed by atoms with Gasteiger partial charge in [0.25, 0.3) is 0 Å². The molecular formula is C19H23NO4. The Kier molecular flexibility index (Phi) is 6.63. The highest BCUT2D eigenvalue weighted by molar-refractivity contribution is 5.78. The van der Waals surface area contributed by atoms with Crippen LogP contribution in [0.4, 0.5) is 0 Å². The maximum Gasteiger partial charge on any atom is 0.224 e. The van der Waals surface area contributed by atoms with Crippen molar-refractivity contribution in [1.29, 1.82) is 0 Å². The van der Waals surface area contributed by atoms with E-state index >= 15 is 0 Å². The van der Waals surface area contributed by atoms with E-state index < -0.39 is 0 Å². The molecule has 0 saturated heterocycles. The summed E-state index contributed by atoms with van der Waals surface area (Å²) >= 11 is 0. The van der Waals surface area contributed by atoms with Crippen molar-refractivity contribution < 1.29 is 19.0 Å². The number of benzene rings is 2. The van der Waals surface area contributed by atoms with Gasteiger partial charge in [0.05, 0.1) is 27.2 Å². The molecule has 0 atom stereocenters. The molecule has 0 aliphatic carbocycles. The first-order valence-corrected chi connectivity index (χ1v) is 7.70. The molecule has 128 valence electrons. The molecule has 2 aromatic rings. The van der Waals surface area contributed by atoms with Crippen molar-refractivity contribution in [1.82, 2.24) is 5.32 Å². The molecule has 24 heavy (non-hydrogen) atoms. The van der Waals surface area contributed by atoms with Crippen LogP contribution in [0.5, 0.6) is 11.5 Å². The van der Waals surface area contributed by atoms with E-state index in [1.54, 1.807) is 27.4 Å². The Morgan fingerprint density at radius 1 is 0.917 bits per heavy atom. The summed E-state index contributed by atoms with van der Waals surface area (Å²) in [4.78, 5) is 12.1. The number of ether oxygens (including phenoxy) is 3. The van der Waals surface area contributed by atoms with Gasteiger partial charge in [0.1, 0.15) is 0 Å². The van der Waals surface area contributed by atoms with E-state index in [0.29, 0.717) is 24.7 Å². The maximum absolute atomic E-state index is 12.1. The van der Waals surface area contributed by atoms with Gasteiger partial charge in [0.15, 0.2) is 11.5 Å². The van der Waals surface area contributed by atoms with Crippen molar-refractivity contribution in [3.05, 3.63) is 59.2 Å². The Balaban J connectivity index is 1.92. The van der Waals surface area contributed by atoms with Crippen molar-refractivity contribution in [2.75, 3.05) is 21.3 Å². The van der Waals surface area contributed by atoms with Crippen LogP contribution >= 0.6 is 0 Å². The Labute approximate surface area is 142 Å². The number of nitrogens with one attached hydrogen (secondary N) is 1. The molecule has 0 saturated carbocycles. The molecule has 2 rings (SSSR count). The van der Waals surface area contributed by atoms with E-state index in [1.165, 1.54) is 0 Å². The molecule has 1 amide bonds. The molecule has 0 bridgehead atoms. The van der Waals surface area contributed by atoms with Gasteiger partial charge >= 0.3 is 0 Å². The van der Waals surface area contributed by atoms with Crippen molar-refractivity contribution in [2.24, 2.45) is 0 Å². The van der Waals surface area contributed by atoms with Crippen LogP contribution in [0.25, 0.3) is 0 Å². The zero-order chi connectivity index (χ0) is 17.4. The molecule has 5 heteroatoms. The number of hydrogen-bond acceptors (Lipinski definition) is 4. The Bertz CT molecular complexity index is 685. The van der Waals surface area contributed by atoms with Crippen LogP contribution in [-0.4, -0.2) is 27.2 Å². The van der Waals surface area contributed by atoms with Gasteiger partial charge in [-0.1, -0.05) is 30.3 Å². The summed E-state index contributed by atoms with van der Waals surface area (Å²) in [6, 6.07) is 13.5. The van der Waals surface area contributed by atoms with Crippen LogP contribution in [0, 0.1) is 0 Å². The summed E-state index contributed by atoms with van der Waals surface area (Å²) in [5, 5.41) is 2.93. The molecule has 0 spiro atoms. The van der Waals surface area contributed by atoms with Crippen molar-refractivity contribution >= 4 is 5.91 Å². The second-order valence-electron chi connectivity index (χ2n) is 5.40. The molecule has 0 aliphatic heterocycles. The van der Waals surface area contributed by atoms with Crippen LogP contribution in [-0.2, 0) is 29.1 Å². The van der Waals surface area contributed by atoms with E-state index in [2.05, 4.69) is 5.32 Å². The summed E-state index contributed by atoms with van der Waals surface area (Å²) < 4.78 is 15.6. The average Bonchev–Trinajstić information content (AvgIpc) is 2.60. The summed E-state index contributed by atoms with van der Waals surface area (Å²) in [6.45, 7) is 1.05. The molecule has 0 aromatic heterocycles. The van der Waals surface area contributed by atoms with Crippen molar-refractivity contribution in [3.8, 4) is 11.5 Å². The van der Waals surface area contributed by atoms with Crippen LogP contribution < -0.4 is 14.8 Å². The van der Waals surface area contributed by atoms with Gasteiger partial charge < -0.3 is 19.5 Å². The lowest BCUT2D eigenvalue weighted by Gasteiger charge is -2.10. The molecule has 2 aromatic carbocycles. The Morgan fingerprint density at radius 3 is 2.38 bits per heavy atom. The van der Waals surface area contributed by atoms with Gasteiger partial charge in [-0.05, 0) is 28.8 Å². The number of carbonyl (C=O) groups is 1. The summed E-state index contributed by atoms with van der Waals surface area (Å²) in [5.74, 6) is 1.23. The number of carbonyl (C=O) groups excluding carboxylic acids is 1. The van der Waals surface area contributed by atoms with Crippen LogP contribution in [0.15, 0.2) is 42.5 Å². The highest BCUT2D eigenvalue weighted by Crippen LogP contribution is 2.27. The van der Waals surface area contributed by atoms with Gasteiger partial charge in [0, 0.05) is 13.7 Å². The molecule has 5 nitrogen and oxygen atoms in total. The van der Waals surface area contributed by atoms with E-state index in [0.717, 1.165) is 16.7 Å². The van der Waals surface area contributed by atoms with Crippen LogP contribution in [0.3, 0.4) is 0 Å². The molecule has 1 N–H and O–H groups in total. The van der Waals surface area contributed by atoms with Gasteiger partial charge in [-0.3, -0.25) is 4.79 Å². The van der Waals surface area contributed by atoms with Crippen molar-refractivity contribution in [3.63, 3.8) is 0 Å². The molecule has 0 heterocycles.